The molecule has 5 rings (SSSR count). The SMILES string of the molecule is C[C@H]1CN(c2ccncc2NC(=O)c2ccc3ccn(C4CCC4)c3n2)CC(N)[C@@H]1O. The molecule has 8 nitrogen and oxygen atoms in total. The normalized spacial score (nSPS) is 24.2. The van der Waals surface area contributed by atoms with Crippen LogP contribution in [0.25, 0.3) is 11.0 Å². The van der Waals surface area contributed by atoms with E-state index in [-0.39, 0.29) is 17.9 Å². The molecule has 0 radical (unpaired) electrons. The van der Waals surface area contributed by atoms with E-state index >= 15 is 0 Å². The molecule has 1 unspecified atom stereocenters. The number of hydrogen-bond acceptors (Lipinski definition) is 6. The summed E-state index contributed by atoms with van der Waals surface area (Å²) in [4.78, 5) is 24.0. The second-order valence-corrected chi connectivity index (χ2v) is 8.80. The summed E-state index contributed by atoms with van der Waals surface area (Å²) in [5, 5.41) is 14.2. The molecular formula is C23H28N6O2. The van der Waals surface area contributed by atoms with Crippen LogP contribution >= 0.6 is 0 Å². The zero-order chi connectivity index (χ0) is 21.5. The Bertz CT molecular complexity index is 1100. The van der Waals surface area contributed by atoms with Crippen LogP contribution in [0.5, 0.6) is 0 Å². The van der Waals surface area contributed by atoms with E-state index in [0.717, 1.165) is 29.6 Å². The van der Waals surface area contributed by atoms with Crippen LogP contribution in [0, 0.1) is 5.92 Å². The summed E-state index contributed by atoms with van der Waals surface area (Å²) in [6, 6.07) is 7.76. The molecule has 2 fully saturated rings. The van der Waals surface area contributed by atoms with Gasteiger partial charge in [-0.15, -0.1) is 0 Å². The highest BCUT2D eigenvalue weighted by molar-refractivity contribution is 6.05. The lowest BCUT2D eigenvalue weighted by Crippen LogP contribution is -2.55. The molecule has 4 N–H and O–H groups in total. The van der Waals surface area contributed by atoms with Crippen LogP contribution < -0.4 is 16.0 Å². The number of nitrogens with two attached hydrogens (primary N) is 1. The van der Waals surface area contributed by atoms with E-state index in [1.54, 1.807) is 18.5 Å². The predicted molar refractivity (Wildman–Crippen MR) is 120 cm³/mol. The van der Waals surface area contributed by atoms with E-state index in [9.17, 15) is 9.90 Å². The van der Waals surface area contributed by atoms with Crippen LogP contribution in [0.15, 0.2) is 42.9 Å². The number of amides is 1. The third kappa shape index (κ3) is 3.66. The van der Waals surface area contributed by atoms with Gasteiger partial charge in [0.05, 0.1) is 23.7 Å². The Morgan fingerprint density at radius 3 is 2.81 bits per heavy atom. The van der Waals surface area contributed by atoms with Gasteiger partial charge in [0, 0.05) is 48.9 Å². The minimum Gasteiger partial charge on any atom is -0.391 e. The van der Waals surface area contributed by atoms with Gasteiger partial charge in [-0.2, -0.15) is 0 Å². The molecule has 31 heavy (non-hydrogen) atoms. The fourth-order valence-corrected chi connectivity index (χ4v) is 4.57. The summed E-state index contributed by atoms with van der Waals surface area (Å²) < 4.78 is 2.19. The third-order valence-electron chi connectivity index (χ3n) is 6.61. The fraction of sp³-hybridized carbons (Fsp3) is 0.435. The smallest absolute Gasteiger partial charge is 0.274 e. The van der Waals surface area contributed by atoms with E-state index < -0.39 is 6.10 Å². The second-order valence-electron chi connectivity index (χ2n) is 8.80. The lowest BCUT2D eigenvalue weighted by Gasteiger charge is -2.40. The van der Waals surface area contributed by atoms with Gasteiger partial charge in [0.2, 0.25) is 0 Å². The fourth-order valence-electron chi connectivity index (χ4n) is 4.57. The number of rotatable bonds is 4. The van der Waals surface area contributed by atoms with Crippen LogP contribution in [0.3, 0.4) is 0 Å². The van der Waals surface area contributed by atoms with Gasteiger partial charge in [-0.3, -0.25) is 9.78 Å². The van der Waals surface area contributed by atoms with Gasteiger partial charge in [0.15, 0.2) is 0 Å². The average Bonchev–Trinajstić information content (AvgIpc) is 3.13. The number of carbonyl (C=O) groups excluding carboxylic acids is 1. The first-order valence-electron chi connectivity index (χ1n) is 10.9. The highest BCUT2D eigenvalue weighted by Crippen LogP contribution is 2.34. The van der Waals surface area contributed by atoms with E-state index in [0.29, 0.717) is 30.5 Å². The van der Waals surface area contributed by atoms with Gasteiger partial charge in [-0.1, -0.05) is 6.92 Å². The molecule has 0 bridgehead atoms. The molecule has 3 aromatic heterocycles. The lowest BCUT2D eigenvalue weighted by atomic mass is 9.92. The molecule has 3 atom stereocenters. The zero-order valence-corrected chi connectivity index (χ0v) is 17.6. The number of hydrogen-bond donors (Lipinski definition) is 3. The summed E-state index contributed by atoms with van der Waals surface area (Å²) in [7, 11) is 0. The third-order valence-corrected chi connectivity index (χ3v) is 6.61. The van der Waals surface area contributed by atoms with Crippen molar-refractivity contribution in [2.45, 2.75) is 44.4 Å². The average molecular weight is 421 g/mol. The second kappa shape index (κ2) is 7.94. The summed E-state index contributed by atoms with van der Waals surface area (Å²) >= 11 is 0. The summed E-state index contributed by atoms with van der Waals surface area (Å²) in [6.07, 6.45) is 8.44. The number of fused-ring (bicyclic) bond motifs is 1. The maximum absolute atomic E-state index is 13.1. The molecule has 1 saturated carbocycles. The number of nitrogens with zero attached hydrogens (tertiary/aromatic N) is 4. The Balaban J connectivity index is 1.40. The van der Waals surface area contributed by atoms with Crippen molar-refractivity contribution in [1.29, 1.82) is 0 Å². The lowest BCUT2D eigenvalue weighted by molar-refractivity contribution is 0.0785. The van der Waals surface area contributed by atoms with Gasteiger partial charge < -0.3 is 25.6 Å². The van der Waals surface area contributed by atoms with Crippen molar-refractivity contribution in [3.05, 3.63) is 48.5 Å². The van der Waals surface area contributed by atoms with Gasteiger partial charge in [-0.25, -0.2) is 4.98 Å². The van der Waals surface area contributed by atoms with Crippen molar-refractivity contribution in [1.82, 2.24) is 14.5 Å². The standard InChI is InChI=1S/C23H28N6O2/c1-14-12-28(13-17(24)21(14)30)20-7-9-25-11-19(20)27-23(31)18-6-5-15-8-10-29(22(15)26-18)16-3-2-4-16/h5-11,14,16-17,21,30H,2-4,12-13,24H2,1H3,(H,27,31)/t14-,17?,21+/m0/s1. The van der Waals surface area contributed by atoms with Crippen molar-refractivity contribution >= 4 is 28.3 Å². The molecule has 1 aliphatic heterocycles. The maximum Gasteiger partial charge on any atom is 0.274 e. The summed E-state index contributed by atoms with van der Waals surface area (Å²) in [5.74, 6) is -0.240. The first-order valence-corrected chi connectivity index (χ1v) is 10.9. The van der Waals surface area contributed by atoms with Crippen LogP contribution in [-0.4, -0.2) is 50.8 Å². The summed E-state index contributed by atoms with van der Waals surface area (Å²) in [5.41, 5.74) is 8.81. The van der Waals surface area contributed by atoms with Crippen molar-refractivity contribution in [2.75, 3.05) is 23.3 Å². The first kappa shape index (κ1) is 20.0. The van der Waals surface area contributed by atoms with Crippen molar-refractivity contribution < 1.29 is 9.90 Å². The van der Waals surface area contributed by atoms with Gasteiger partial charge >= 0.3 is 0 Å². The van der Waals surface area contributed by atoms with E-state index in [1.165, 1.54) is 6.42 Å². The first-order chi connectivity index (χ1) is 15.0. The van der Waals surface area contributed by atoms with Gasteiger partial charge in [-0.05, 0) is 43.5 Å². The topological polar surface area (TPSA) is 109 Å². The number of aliphatic hydroxyl groups excluding tert-OH is 1. The molecule has 1 amide bonds. The highest BCUT2D eigenvalue weighted by Gasteiger charge is 2.32. The molecule has 162 valence electrons. The minimum atomic E-state index is -0.529. The Morgan fingerprint density at radius 2 is 2.06 bits per heavy atom. The van der Waals surface area contributed by atoms with Crippen molar-refractivity contribution in [3.63, 3.8) is 0 Å². The quantitative estimate of drug-likeness (QED) is 0.598. The monoisotopic (exact) mass is 420 g/mol. The molecule has 4 heterocycles. The molecule has 1 aliphatic carbocycles. The van der Waals surface area contributed by atoms with Gasteiger partial charge in [0.25, 0.3) is 5.91 Å². The number of anilines is 2. The van der Waals surface area contributed by atoms with E-state index in [1.807, 2.05) is 19.1 Å². The maximum atomic E-state index is 13.1. The Morgan fingerprint density at radius 1 is 1.23 bits per heavy atom. The number of aromatic nitrogens is 3. The number of piperidine rings is 1. The number of pyridine rings is 2. The molecule has 2 aliphatic rings. The van der Waals surface area contributed by atoms with E-state index in [2.05, 4.69) is 37.0 Å². The Hall–Kier alpha value is -2.97. The summed E-state index contributed by atoms with van der Waals surface area (Å²) in [6.45, 7) is 3.14. The number of carbonyl (C=O) groups is 1. The minimum absolute atomic E-state index is 0.0313. The van der Waals surface area contributed by atoms with E-state index in [4.69, 9.17) is 5.73 Å². The molecule has 1 saturated heterocycles. The largest absolute Gasteiger partial charge is 0.391 e. The van der Waals surface area contributed by atoms with Crippen molar-refractivity contribution in [2.24, 2.45) is 11.7 Å². The molecule has 0 aromatic carbocycles. The molecule has 0 spiro atoms. The number of aliphatic hydroxyl groups is 1. The van der Waals surface area contributed by atoms with Crippen molar-refractivity contribution in [3.8, 4) is 0 Å². The molecular weight excluding hydrogens is 392 g/mol. The Kier molecular flexibility index (Phi) is 5.11. The zero-order valence-electron chi connectivity index (χ0n) is 17.6. The van der Waals surface area contributed by atoms with Crippen LogP contribution in [-0.2, 0) is 0 Å². The predicted octanol–water partition coefficient (Wildman–Crippen LogP) is 2.55. The Labute approximate surface area is 181 Å². The molecule has 3 aromatic rings. The van der Waals surface area contributed by atoms with Crippen LogP contribution in [0.1, 0.15) is 42.7 Å². The van der Waals surface area contributed by atoms with Gasteiger partial charge in [0.1, 0.15) is 11.3 Å². The highest BCUT2D eigenvalue weighted by atomic mass is 16.3. The van der Waals surface area contributed by atoms with Crippen LogP contribution in [0.2, 0.25) is 0 Å². The molecule has 8 heteroatoms. The van der Waals surface area contributed by atoms with Crippen LogP contribution in [0.4, 0.5) is 11.4 Å². The number of nitrogens with one attached hydrogen (secondary N) is 1.